The van der Waals surface area contributed by atoms with Crippen LogP contribution >= 0.6 is 0 Å². The Bertz CT molecular complexity index is 275. The molecule has 1 aromatic rings. The Kier molecular flexibility index (Phi) is 3.41. The minimum Gasteiger partial charge on any atom is -0.468 e. The second-order valence-electron chi connectivity index (χ2n) is 4.24. The lowest BCUT2D eigenvalue weighted by Crippen LogP contribution is -2.34. The second kappa shape index (κ2) is 4.79. The maximum atomic E-state index is 9.67. The summed E-state index contributed by atoms with van der Waals surface area (Å²) in [5.74, 6) is 0.955. The Morgan fingerprint density at radius 2 is 2.47 bits per heavy atom. The van der Waals surface area contributed by atoms with Gasteiger partial charge >= 0.3 is 0 Å². The molecule has 0 amide bonds. The van der Waals surface area contributed by atoms with Crippen LogP contribution in [0.5, 0.6) is 0 Å². The predicted molar refractivity (Wildman–Crippen MR) is 57.5 cm³/mol. The molecule has 0 radical (unpaired) electrons. The summed E-state index contributed by atoms with van der Waals surface area (Å²) in [6.07, 6.45) is 1.40. The molecule has 1 aliphatic heterocycles. The van der Waals surface area contributed by atoms with Crippen LogP contribution in [0.4, 0.5) is 0 Å². The Hall–Kier alpha value is -0.840. The zero-order valence-electron chi connectivity index (χ0n) is 9.02. The average molecular weight is 210 g/mol. The van der Waals surface area contributed by atoms with E-state index in [1.54, 1.807) is 6.26 Å². The van der Waals surface area contributed by atoms with Crippen LogP contribution in [-0.2, 0) is 6.54 Å². The van der Waals surface area contributed by atoms with Gasteiger partial charge in [-0.2, -0.15) is 0 Å². The minimum absolute atomic E-state index is 0.287. The largest absolute Gasteiger partial charge is 0.468 e. The summed E-state index contributed by atoms with van der Waals surface area (Å²) in [5, 5.41) is 13.0. The number of nitrogens with one attached hydrogen (secondary N) is 1. The lowest BCUT2D eigenvalue weighted by Gasteiger charge is -2.21. The van der Waals surface area contributed by atoms with Crippen LogP contribution in [-0.4, -0.2) is 41.8 Å². The van der Waals surface area contributed by atoms with Crippen molar-refractivity contribution < 1.29 is 9.52 Å². The number of furan rings is 1. The van der Waals surface area contributed by atoms with Gasteiger partial charge in [0.1, 0.15) is 5.76 Å². The zero-order chi connectivity index (χ0) is 10.7. The molecule has 2 N–H and O–H groups in total. The van der Waals surface area contributed by atoms with Gasteiger partial charge in [0.15, 0.2) is 0 Å². The van der Waals surface area contributed by atoms with Crippen molar-refractivity contribution >= 4 is 0 Å². The number of β-amino-alcohol motifs (C(OH)–C–C–N with tert-alkyl or cyclic N) is 1. The van der Waals surface area contributed by atoms with Gasteiger partial charge in [-0.25, -0.2) is 0 Å². The van der Waals surface area contributed by atoms with E-state index in [2.05, 4.69) is 17.1 Å². The van der Waals surface area contributed by atoms with Crippen LogP contribution in [0.15, 0.2) is 22.8 Å². The van der Waals surface area contributed by atoms with E-state index in [9.17, 15) is 5.11 Å². The fraction of sp³-hybridized carbons (Fsp3) is 0.636. The van der Waals surface area contributed by atoms with Gasteiger partial charge in [0.05, 0.1) is 18.9 Å². The summed E-state index contributed by atoms with van der Waals surface area (Å²) in [6.45, 7) is 5.23. The highest BCUT2D eigenvalue weighted by molar-refractivity contribution is 4.98. The Labute approximate surface area is 89.9 Å². The maximum Gasteiger partial charge on any atom is 0.117 e. The van der Waals surface area contributed by atoms with E-state index in [0.717, 1.165) is 18.8 Å². The number of aliphatic hydroxyl groups is 1. The number of nitrogens with zero attached hydrogens (tertiary/aromatic N) is 1. The van der Waals surface area contributed by atoms with Crippen molar-refractivity contribution in [2.24, 2.45) is 0 Å². The summed E-state index contributed by atoms with van der Waals surface area (Å²) in [6, 6.07) is 4.28. The van der Waals surface area contributed by atoms with Gasteiger partial charge in [-0.05, 0) is 19.1 Å². The van der Waals surface area contributed by atoms with Gasteiger partial charge in [0.25, 0.3) is 0 Å². The molecule has 15 heavy (non-hydrogen) atoms. The van der Waals surface area contributed by atoms with E-state index in [1.807, 2.05) is 12.1 Å². The molecule has 1 saturated heterocycles. The Balaban J connectivity index is 1.94. The molecule has 84 valence electrons. The van der Waals surface area contributed by atoms with Crippen molar-refractivity contribution in [1.82, 2.24) is 10.2 Å². The standard InChI is InChI=1S/C11H18N2O2/c1-9-6-13(7-10(14)5-12-9)8-11-3-2-4-15-11/h2-4,9-10,12,14H,5-8H2,1H3. The summed E-state index contributed by atoms with van der Waals surface area (Å²) in [5.41, 5.74) is 0. The quantitative estimate of drug-likeness (QED) is 0.743. The molecule has 0 aliphatic carbocycles. The van der Waals surface area contributed by atoms with Gasteiger partial charge in [0, 0.05) is 25.7 Å². The Morgan fingerprint density at radius 1 is 1.60 bits per heavy atom. The van der Waals surface area contributed by atoms with E-state index in [0.29, 0.717) is 19.1 Å². The normalized spacial score (nSPS) is 28.9. The molecule has 0 aromatic carbocycles. The van der Waals surface area contributed by atoms with E-state index in [-0.39, 0.29) is 6.10 Å². The highest BCUT2D eigenvalue weighted by atomic mass is 16.3. The zero-order valence-corrected chi connectivity index (χ0v) is 9.02. The van der Waals surface area contributed by atoms with Crippen LogP contribution < -0.4 is 5.32 Å². The second-order valence-corrected chi connectivity index (χ2v) is 4.24. The summed E-state index contributed by atoms with van der Waals surface area (Å²) in [4.78, 5) is 2.22. The van der Waals surface area contributed by atoms with Gasteiger partial charge < -0.3 is 14.8 Å². The van der Waals surface area contributed by atoms with Crippen LogP contribution in [0, 0.1) is 0 Å². The first-order valence-electron chi connectivity index (χ1n) is 5.40. The fourth-order valence-electron chi connectivity index (χ4n) is 1.98. The van der Waals surface area contributed by atoms with E-state index in [1.165, 1.54) is 0 Å². The van der Waals surface area contributed by atoms with E-state index in [4.69, 9.17) is 4.42 Å². The third kappa shape index (κ3) is 3.06. The highest BCUT2D eigenvalue weighted by Crippen LogP contribution is 2.08. The van der Waals surface area contributed by atoms with Crippen molar-refractivity contribution in [1.29, 1.82) is 0 Å². The monoisotopic (exact) mass is 210 g/mol. The van der Waals surface area contributed by atoms with Crippen molar-refractivity contribution in [2.75, 3.05) is 19.6 Å². The van der Waals surface area contributed by atoms with Crippen LogP contribution in [0.3, 0.4) is 0 Å². The van der Waals surface area contributed by atoms with E-state index < -0.39 is 0 Å². The van der Waals surface area contributed by atoms with E-state index >= 15 is 0 Å². The van der Waals surface area contributed by atoms with Crippen molar-refractivity contribution in [3.8, 4) is 0 Å². The molecule has 0 saturated carbocycles. The van der Waals surface area contributed by atoms with Gasteiger partial charge in [-0.3, -0.25) is 4.90 Å². The van der Waals surface area contributed by atoms with Crippen LogP contribution in [0.1, 0.15) is 12.7 Å². The fourth-order valence-corrected chi connectivity index (χ4v) is 1.98. The average Bonchev–Trinajstić information content (AvgIpc) is 2.61. The molecule has 2 rings (SSSR count). The Morgan fingerprint density at radius 3 is 3.20 bits per heavy atom. The molecule has 0 bridgehead atoms. The topological polar surface area (TPSA) is 48.6 Å². The number of hydrogen-bond acceptors (Lipinski definition) is 4. The predicted octanol–water partition coefficient (Wildman–Crippen LogP) is 0.434. The molecule has 4 heteroatoms. The third-order valence-electron chi connectivity index (χ3n) is 2.66. The van der Waals surface area contributed by atoms with Gasteiger partial charge in [-0.1, -0.05) is 0 Å². The molecule has 1 fully saturated rings. The highest BCUT2D eigenvalue weighted by Gasteiger charge is 2.20. The van der Waals surface area contributed by atoms with Crippen LogP contribution in [0.25, 0.3) is 0 Å². The van der Waals surface area contributed by atoms with Crippen molar-refractivity contribution in [2.45, 2.75) is 25.6 Å². The number of rotatable bonds is 2. The molecule has 2 heterocycles. The van der Waals surface area contributed by atoms with Crippen molar-refractivity contribution in [3.63, 3.8) is 0 Å². The molecule has 0 spiro atoms. The SMILES string of the molecule is CC1CN(Cc2ccco2)CC(O)CN1. The molecule has 1 aromatic heterocycles. The van der Waals surface area contributed by atoms with Gasteiger partial charge in [-0.15, -0.1) is 0 Å². The van der Waals surface area contributed by atoms with Crippen molar-refractivity contribution in [3.05, 3.63) is 24.2 Å². The lowest BCUT2D eigenvalue weighted by molar-refractivity contribution is 0.122. The molecule has 2 unspecified atom stereocenters. The van der Waals surface area contributed by atoms with Gasteiger partial charge in [0.2, 0.25) is 0 Å². The molecular formula is C11H18N2O2. The smallest absolute Gasteiger partial charge is 0.117 e. The molecule has 2 atom stereocenters. The summed E-state index contributed by atoms with van der Waals surface area (Å²) >= 11 is 0. The molecule has 1 aliphatic rings. The first-order chi connectivity index (χ1) is 7.24. The van der Waals surface area contributed by atoms with Crippen LogP contribution in [0.2, 0.25) is 0 Å². The first-order valence-corrected chi connectivity index (χ1v) is 5.40. The summed E-state index contributed by atoms with van der Waals surface area (Å²) in [7, 11) is 0. The lowest BCUT2D eigenvalue weighted by atomic mass is 10.3. The maximum absolute atomic E-state index is 9.67. The molecular weight excluding hydrogens is 192 g/mol. The third-order valence-corrected chi connectivity index (χ3v) is 2.66. The minimum atomic E-state index is -0.287. The number of hydrogen-bond donors (Lipinski definition) is 2. The first kappa shape index (κ1) is 10.7. The summed E-state index contributed by atoms with van der Waals surface area (Å²) < 4.78 is 5.30. The number of aliphatic hydroxyl groups excluding tert-OH is 1. The molecule has 4 nitrogen and oxygen atoms in total.